The Kier molecular flexibility index (Phi) is 4.13. The van der Waals surface area contributed by atoms with E-state index in [2.05, 4.69) is 16.9 Å². The van der Waals surface area contributed by atoms with Crippen molar-refractivity contribution in [3.8, 4) is 0 Å². The molecule has 8 heteroatoms. The molecule has 2 N–H and O–H groups in total. The van der Waals surface area contributed by atoms with E-state index in [9.17, 15) is 19.5 Å². The first-order chi connectivity index (χ1) is 12.9. The second-order valence-electron chi connectivity index (χ2n) is 7.55. The molecule has 0 bridgehead atoms. The molecule has 2 atom stereocenters. The molecule has 2 amide bonds. The van der Waals surface area contributed by atoms with Gasteiger partial charge < -0.3 is 20.2 Å². The zero-order valence-electron chi connectivity index (χ0n) is 14.9. The molecule has 27 heavy (non-hydrogen) atoms. The highest BCUT2D eigenvalue weighted by Crippen LogP contribution is 2.44. The highest BCUT2D eigenvalue weighted by atomic mass is 16.4. The van der Waals surface area contributed by atoms with Gasteiger partial charge in [-0.15, -0.1) is 6.58 Å². The number of fused-ring (bicyclic) bond motifs is 1. The Hall–Kier alpha value is -2.90. The molecule has 8 nitrogen and oxygen atoms in total. The minimum Gasteiger partial charge on any atom is -0.481 e. The van der Waals surface area contributed by atoms with Crippen LogP contribution in [0.1, 0.15) is 23.2 Å². The van der Waals surface area contributed by atoms with Gasteiger partial charge in [0.05, 0.1) is 5.92 Å². The van der Waals surface area contributed by atoms with Crippen molar-refractivity contribution in [1.82, 2.24) is 15.2 Å². The molecule has 0 radical (unpaired) electrons. The molecule has 0 spiro atoms. The zero-order chi connectivity index (χ0) is 19.2. The minimum absolute atomic E-state index is 0.151. The number of amides is 2. The lowest BCUT2D eigenvalue weighted by Crippen LogP contribution is -2.41. The predicted molar refractivity (Wildman–Crippen MR) is 97.3 cm³/mol. The number of aromatic nitrogens is 1. The number of carboxylic acid groups (broad SMARTS) is 1. The normalized spacial score (nSPS) is 26.8. The van der Waals surface area contributed by atoms with Crippen molar-refractivity contribution in [2.45, 2.75) is 18.9 Å². The van der Waals surface area contributed by atoms with Gasteiger partial charge in [-0.2, -0.15) is 0 Å². The van der Waals surface area contributed by atoms with Crippen LogP contribution in [0, 0.1) is 11.3 Å². The Morgan fingerprint density at radius 2 is 2.19 bits per heavy atom. The number of likely N-dealkylation sites (tertiary alicyclic amines) is 1. The van der Waals surface area contributed by atoms with Crippen molar-refractivity contribution in [3.05, 3.63) is 36.5 Å². The minimum atomic E-state index is -1.16. The van der Waals surface area contributed by atoms with Gasteiger partial charge in [0.1, 0.15) is 11.2 Å². The number of carboxylic acids is 1. The number of nitrogens with one attached hydrogen (secondary N) is 1. The van der Waals surface area contributed by atoms with Crippen LogP contribution < -0.4 is 10.2 Å². The second kappa shape index (κ2) is 6.37. The molecule has 3 heterocycles. The maximum Gasteiger partial charge on any atom is 0.314 e. The monoisotopic (exact) mass is 370 g/mol. The number of anilines is 1. The lowest BCUT2D eigenvalue weighted by molar-refractivity contribution is -0.149. The lowest BCUT2D eigenvalue weighted by atomic mass is 9.81. The molecule has 1 aromatic rings. The third-order valence-electron chi connectivity index (χ3n) is 5.65. The van der Waals surface area contributed by atoms with E-state index in [1.54, 1.807) is 34.2 Å². The van der Waals surface area contributed by atoms with E-state index in [4.69, 9.17) is 0 Å². The van der Waals surface area contributed by atoms with Crippen LogP contribution >= 0.6 is 0 Å². The molecule has 1 aliphatic carbocycles. The first-order valence-electron chi connectivity index (χ1n) is 9.09. The van der Waals surface area contributed by atoms with Gasteiger partial charge >= 0.3 is 5.97 Å². The van der Waals surface area contributed by atoms with Crippen LogP contribution in [0.3, 0.4) is 0 Å². The number of nitrogens with zero attached hydrogens (tertiary/aromatic N) is 3. The molecular formula is C19H22N4O4. The standard InChI is InChI=1S/C19H22N4O4/c1-2-7-22-10-19(18(26)27)11-23(9-14(19)17(22)25)15-8-12(5-6-20-15)16(24)21-13-3-4-13/h2,5-6,8,13-14H,1,3-4,7,9-11H2,(H,21,24)(H,26,27)/t14-,19+/m1/s1. The van der Waals surface area contributed by atoms with Gasteiger partial charge in [0, 0.05) is 44.0 Å². The van der Waals surface area contributed by atoms with Crippen LogP contribution in [0.15, 0.2) is 31.0 Å². The third-order valence-corrected chi connectivity index (χ3v) is 5.65. The maximum atomic E-state index is 12.7. The fraction of sp³-hybridized carbons (Fsp3) is 0.474. The number of aliphatic carboxylic acids is 1. The quantitative estimate of drug-likeness (QED) is 0.708. The Morgan fingerprint density at radius 3 is 2.81 bits per heavy atom. The summed E-state index contributed by atoms with van der Waals surface area (Å²) in [5, 5.41) is 12.8. The summed E-state index contributed by atoms with van der Waals surface area (Å²) in [7, 11) is 0. The number of rotatable bonds is 6. The molecule has 2 saturated heterocycles. The fourth-order valence-electron chi connectivity index (χ4n) is 4.02. The van der Waals surface area contributed by atoms with Gasteiger partial charge in [-0.05, 0) is 25.0 Å². The summed E-state index contributed by atoms with van der Waals surface area (Å²) < 4.78 is 0. The number of hydrogen-bond acceptors (Lipinski definition) is 5. The summed E-state index contributed by atoms with van der Waals surface area (Å²) in [6.45, 7) is 4.61. The van der Waals surface area contributed by atoms with Crippen molar-refractivity contribution < 1.29 is 19.5 Å². The number of carbonyl (C=O) groups is 3. The van der Waals surface area contributed by atoms with Crippen LogP contribution in [0.5, 0.6) is 0 Å². The van der Waals surface area contributed by atoms with Crippen LogP contribution in [-0.2, 0) is 9.59 Å². The van der Waals surface area contributed by atoms with Crippen molar-refractivity contribution in [1.29, 1.82) is 0 Å². The Morgan fingerprint density at radius 1 is 1.41 bits per heavy atom. The molecule has 2 aliphatic heterocycles. The Bertz CT molecular complexity index is 822. The third kappa shape index (κ3) is 2.94. The van der Waals surface area contributed by atoms with Crippen LogP contribution in [-0.4, -0.2) is 65.0 Å². The van der Waals surface area contributed by atoms with Gasteiger partial charge in [0.2, 0.25) is 5.91 Å². The molecular weight excluding hydrogens is 348 g/mol. The smallest absolute Gasteiger partial charge is 0.314 e. The van der Waals surface area contributed by atoms with Gasteiger partial charge in [0.25, 0.3) is 5.91 Å². The van der Waals surface area contributed by atoms with Crippen LogP contribution in [0.25, 0.3) is 0 Å². The van der Waals surface area contributed by atoms with Crippen LogP contribution in [0.4, 0.5) is 5.82 Å². The van der Waals surface area contributed by atoms with Crippen LogP contribution in [0.2, 0.25) is 0 Å². The van der Waals surface area contributed by atoms with E-state index in [0.717, 1.165) is 12.8 Å². The summed E-state index contributed by atoms with van der Waals surface area (Å²) in [4.78, 5) is 44.7. The van der Waals surface area contributed by atoms with Crippen molar-refractivity contribution in [2.24, 2.45) is 11.3 Å². The summed E-state index contributed by atoms with van der Waals surface area (Å²) in [5.74, 6) is -1.39. The molecule has 0 aromatic carbocycles. The summed E-state index contributed by atoms with van der Waals surface area (Å²) in [5.41, 5.74) is -0.665. The number of carbonyl (C=O) groups excluding carboxylic acids is 2. The predicted octanol–water partition coefficient (Wildman–Crippen LogP) is 0.509. The van der Waals surface area contributed by atoms with Crippen molar-refractivity contribution in [3.63, 3.8) is 0 Å². The average molecular weight is 370 g/mol. The molecule has 0 unspecified atom stereocenters. The Balaban J connectivity index is 1.57. The Labute approximate surface area is 156 Å². The van der Waals surface area contributed by atoms with E-state index in [0.29, 0.717) is 17.9 Å². The first kappa shape index (κ1) is 17.5. The highest BCUT2D eigenvalue weighted by molar-refractivity contribution is 5.96. The molecule has 142 valence electrons. The van der Waals surface area contributed by atoms with Crippen molar-refractivity contribution >= 4 is 23.6 Å². The summed E-state index contributed by atoms with van der Waals surface area (Å²) >= 11 is 0. The molecule has 3 aliphatic rings. The lowest BCUT2D eigenvalue weighted by Gasteiger charge is -2.25. The maximum absolute atomic E-state index is 12.7. The van der Waals surface area contributed by atoms with Gasteiger partial charge in [-0.25, -0.2) is 4.98 Å². The topological polar surface area (TPSA) is 103 Å². The highest BCUT2D eigenvalue weighted by Gasteiger charge is 2.62. The second-order valence-corrected chi connectivity index (χ2v) is 7.55. The van der Waals surface area contributed by atoms with E-state index in [1.807, 2.05) is 0 Å². The average Bonchev–Trinajstić information content (AvgIpc) is 3.31. The number of hydrogen-bond donors (Lipinski definition) is 2. The molecule has 1 aromatic heterocycles. The molecule has 4 rings (SSSR count). The summed E-state index contributed by atoms with van der Waals surface area (Å²) in [6, 6.07) is 3.56. The zero-order valence-corrected chi connectivity index (χ0v) is 14.9. The molecule has 3 fully saturated rings. The van der Waals surface area contributed by atoms with E-state index in [-0.39, 0.29) is 37.5 Å². The summed E-state index contributed by atoms with van der Waals surface area (Å²) in [6.07, 6.45) is 5.16. The van der Waals surface area contributed by atoms with E-state index < -0.39 is 17.3 Å². The molecule has 1 saturated carbocycles. The van der Waals surface area contributed by atoms with Crippen molar-refractivity contribution in [2.75, 3.05) is 31.1 Å². The van der Waals surface area contributed by atoms with E-state index >= 15 is 0 Å². The van der Waals surface area contributed by atoms with Gasteiger partial charge in [0.15, 0.2) is 0 Å². The SMILES string of the molecule is C=CCN1C[C@]2(C(=O)O)CN(c3cc(C(=O)NC4CC4)ccn3)C[C@@H]2C1=O. The number of pyridine rings is 1. The van der Waals surface area contributed by atoms with Gasteiger partial charge in [-0.1, -0.05) is 6.08 Å². The van der Waals surface area contributed by atoms with Gasteiger partial charge in [-0.3, -0.25) is 14.4 Å². The largest absolute Gasteiger partial charge is 0.481 e. The van der Waals surface area contributed by atoms with E-state index in [1.165, 1.54) is 0 Å². The fourth-order valence-corrected chi connectivity index (χ4v) is 4.02. The first-order valence-corrected chi connectivity index (χ1v) is 9.09.